The second kappa shape index (κ2) is 19.0. The Balaban J connectivity index is 2.21. The number of hydrogen-bond acceptors (Lipinski definition) is 10. The molecule has 0 aliphatic rings. The van der Waals surface area contributed by atoms with Gasteiger partial charge in [0.2, 0.25) is 0 Å². The van der Waals surface area contributed by atoms with Crippen LogP contribution >= 0.6 is 0 Å². The lowest BCUT2D eigenvalue weighted by Crippen LogP contribution is -2.16. The molecule has 2 aromatic carbocycles. The maximum absolute atomic E-state index is 13.0. The van der Waals surface area contributed by atoms with Crippen molar-refractivity contribution in [1.29, 1.82) is 0 Å². The van der Waals surface area contributed by atoms with Crippen LogP contribution in [0, 0.1) is 0 Å². The van der Waals surface area contributed by atoms with Crippen molar-refractivity contribution in [1.82, 2.24) is 0 Å². The van der Waals surface area contributed by atoms with E-state index in [1.165, 1.54) is 36.4 Å². The molecular weight excluding hydrogens is 568 g/mol. The highest BCUT2D eigenvalue weighted by atomic mass is 17.2. The number of rotatable bonds is 18. The van der Waals surface area contributed by atoms with E-state index < -0.39 is 23.9 Å². The van der Waals surface area contributed by atoms with Gasteiger partial charge in [0, 0.05) is 37.8 Å². The molecule has 0 spiro atoms. The minimum Gasteiger partial charge on any atom is -0.426 e. The van der Waals surface area contributed by atoms with Gasteiger partial charge < -0.3 is 9.47 Å². The van der Waals surface area contributed by atoms with Gasteiger partial charge in [-0.05, 0) is 49.2 Å². The molecule has 0 heterocycles. The summed E-state index contributed by atoms with van der Waals surface area (Å²) in [5, 5.41) is 0. The van der Waals surface area contributed by atoms with Crippen molar-refractivity contribution in [3.05, 3.63) is 58.7 Å². The van der Waals surface area contributed by atoms with Crippen molar-refractivity contribution in [2.24, 2.45) is 0 Å². The molecule has 2 aromatic rings. The van der Waals surface area contributed by atoms with Gasteiger partial charge in [-0.25, -0.2) is 19.4 Å². The van der Waals surface area contributed by atoms with Gasteiger partial charge in [0.05, 0.1) is 0 Å². The van der Waals surface area contributed by atoms with Crippen LogP contribution in [0.3, 0.4) is 0 Å². The quantitative estimate of drug-likeness (QED) is 0.0415. The molecule has 0 unspecified atom stereocenters. The predicted molar refractivity (Wildman–Crippen MR) is 162 cm³/mol. The predicted octanol–water partition coefficient (Wildman–Crippen LogP) is 7.55. The first-order chi connectivity index (χ1) is 21.1. The zero-order valence-corrected chi connectivity index (χ0v) is 26.0. The Labute approximate surface area is 258 Å². The fourth-order valence-corrected chi connectivity index (χ4v) is 4.45. The summed E-state index contributed by atoms with van der Waals surface area (Å²) in [6, 6.07) is 7.89. The number of unbranched alkanes of at least 4 members (excludes halogenated alkanes) is 8. The summed E-state index contributed by atoms with van der Waals surface area (Å²) in [7, 11) is 0. The molecule has 0 amide bonds. The van der Waals surface area contributed by atoms with Crippen molar-refractivity contribution in [2.75, 3.05) is 0 Å². The standard InChI is InChI=1S/C34H42O10/c1-5-7-9-11-13-15-29(37)25-17-19-31(41-23(3)35)27(21-25)33(39)43-44-34(40)28-22-26(18-20-32(28)42-24(4)36)30(38)16-14-12-10-8-6-2/h17-22H,5-16H2,1-4H3. The van der Waals surface area contributed by atoms with Crippen LogP contribution in [0.4, 0.5) is 0 Å². The molecule has 0 radical (unpaired) electrons. The molecule has 44 heavy (non-hydrogen) atoms. The molecule has 0 fully saturated rings. The SMILES string of the molecule is CCCCCCCC(=O)c1ccc(OC(C)=O)c(C(=O)OOC(=O)c2cc(C(=O)CCCCCCC)ccc2OC(C)=O)c1. The van der Waals surface area contributed by atoms with Gasteiger partial charge in [0.15, 0.2) is 11.6 Å². The Kier molecular flexibility index (Phi) is 15.5. The van der Waals surface area contributed by atoms with Crippen LogP contribution in [-0.4, -0.2) is 35.4 Å². The number of Topliss-reactive ketones (excluding diaryl/α,β-unsaturated/α-hetero) is 2. The summed E-state index contributed by atoms with van der Waals surface area (Å²) in [5.41, 5.74) is -0.213. The van der Waals surface area contributed by atoms with E-state index in [0.29, 0.717) is 12.8 Å². The van der Waals surface area contributed by atoms with Gasteiger partial charge >= 0.3 is 23.9 Å². The summed E-state index contributed by atoms with van der Waals surface area (Å²) in [6.45, 7) is 6.48. The van der Waals surface area contributed by atoms with Crippen molar-refractivity contribution < 1.29 is 48.0 Å². The maximum Gasteiger partial charge on any atom is 0.390 e. The Morgan fingerprint density at radius 3 is 1.23 bits per heavy atom. The Morgan fingerprint density at radius 2 is 0.886 bits per heavy atom. The van der Waals surface area contributed by atoms with Gasteiger partial charge in [-0.3, -0.25) is 19.2 Å². The van der Waals surface area contributed by atoms with Crippen LogP contribution in [0.25, 0.3) is 0 Å². The molecule has 10 nitrogen and oxygen atoms in total. The fourth-order valence-electron chi connectivity index (χ4n) is 4.45. The maximum atomic E-state index is 13.0. The minimum atomic E-state index is -1.21. The van der Waals surface area contributed by atoms with E-state index in [-0.39, 0.29) is 58.2 Å². The average Bonchev–Trinajstić information content (AvgIpc) is 2.99. The third-order valence-corrected chi connectivity index (χ3v) is 6.76. The molecule has 0 bridgehead atoms. The highest BCUT2D eigenvalue weighted by molar-refractivity contribution is 6.02. The molecule has 238 valence electrons. The molecule has 0 N–H and O–H groups in total. The Hall–Kier alpha value is -4.34. The fraction of sp³-hybridized carbons (Fsp3) is 0.471. The molecular formula is C34H42O10. The number of esters is 2. The summed E-state index contributed by atoms with van der Waals surface area (Å²) >= 11 is 0. The van der Waals surface area contributed by atoms with Gasteiger partial charge in [0.25, 0.3) is 0 Å². The van der Waals surface area contributed by atoms with E-state index in [0.717, 1.165) is 65.2 Å². The second-order valence-electron chi connectivity index (χ2n) is 10.5. The van der Waals surface area contributed by atoms with Crippen LogP contribution < -0.4 is 9.47 Å². The van der Waals surface area contributed by atoms with Gasteiger partial charge in [-0.15, -0.1) is 0 Å². The third kappa shape index (κ3) is 12.1. The zero-order valence-electron chi connectivity index (χ0n) is 26.0. The molecule has 0 aromatic heterocycles. The summed E-state index contributed by atoms with van der Waals surface area (Å²) in [4.78, 5) is 84.2. The monoisotopic (exact) mass is 610 g/mol. The van der Waals surface area contributed by atoms with Crippen LogP contribution in [0.1, 0.15) is 146 Å². The molecule has 0 aliphatic heterocycles. The number of carbonyl (C=O) groups excluding carboxylic acids is 6. The number of ketones is 2. The van der Waals surface area contributed by atoms with E-state index in [1.807, 2.05) is 0 Å². The number of carbonyl (C=O) groups is 6. The van der Waals surface area contributed by atoms with E-state index in [4.69, 9.17) is 19.2 Å². The zero-order chi connectivity index (χ0) is 32.5. The van der Waals surface area contributed by atoms with Crippen LogP contribution in [0.15, 0.2) is 36.4 Å². The molecule has 0 saturated carbocycles. The van der Waals surface area contributed by atoms with Gasteiger partial charge in [-0.1, -0.05) is 65.2 Å². The van der Waals surface area contributed by atoms with E-state index >= 15 is 0 Å². The normalized spacial score (nSPS) is 10.5. The summed E-state index contributed by atoms with van der Waals surface area (Å²) in [6.07, 6.45) is 10.1. The molecule has 0 atom stereocenters. The first kappa shape index (κ1) is 35.9. The topological polar surface area (TPSA) is 139 Å². The number of ether oxygens (including phenoxy) is 2. The lowest BCUT2D eigenvalue weighted by molar-refractivity contribution is -0.187. The number of benzene rings is 2. The first-order valence-corrected chi connectivity index (χ1v) is 15.2. The molecule has 0 aliphatic carbocycles. The van der Waals surface area contributed by atoms with E-state index in [2.05, 4.69) is 13.8 Å². The Bertz CT molecular complexity index is 1230. The molecule has 2 rings (SSSR count). The number of hydrogen-bond donors (Lipinski definition) is 0. The second-order valence-corrected chi connectivity index (χ2v) is 10.5. The lowest BCUT2D eigenvalue weighted by Gasteiger charge is -2.12. The first-order valence-electron chi connectivity index (χ1n) is 15.2. The van der Waals surface area contributed by atoms with E-state index in [1.54, 1.807) is 0 Å². The minimum absolute atomic E-state index is 0.190. The van der Waals surface area contributed by atoms with Crippen LogP contribution in [0.2, 0.25) is 0 Å². The van der Waals surface area contributed by atoms with Crippen LogP contribution in [0.5, 0.6) is 11.5 Å². The Morgan fingerprint density at radius 1 is 0.523 bits per heavy atom. The van der Waals surface area contributed by atoms with Crippen molar-refractivity contribution in [3.8, 4) is 11.5 Å². The smallest absolute Gasteiger partial charge is 0.390 e. The average molecular weight is 611 g/mol. The highest BCUT2D eigenvalue weighted by Crippen LogP contribution is 2.26. The lowest BCUT2D eigenvalue weighted by atomic mass is 10.0. The van der Waals surface area contributed by atoms with Crippen LogP contribution in [-0.2, 0) is 19.4 Å². The molecule has 10 heteroatoms. The highest BCUT2D eigenvalue weighted by Gasteiger charge is 2.24. The summed E-state index contributed by atoms with van der Waals surface area (Å²) < 4.78 is 10.2. The van der Waals surface area contributed by atoms with Gasteiger partial charge in [0.1, 0.15) is 22.6 Å². The largest absolute Gasteiger partial charge is 0.426 e. The van der Waals surface area contributed by atoms with Crippen molar-refractivity contribution in [2.45, 2.75) is 105 Å². The van der Waals surface area contributed by atoms with E-state index in [9.17, 15) is 28.8 Å². The van der Waals surface area contributed by atoms with Gasteiger partial charge in [-0.2, -0.15) is 0 Å². The third-order valence-electron chi connectivity index (χ3n) is 6.76. The summed E-state index contributed by atoms with van der Waals surface area (Å²) in [5.74, 6) is -4.65. The van der Waals surface area contributed by atoms with Crippen molar-refractivity contribution >= 4 is 35.4 Å². The van der Waals surface area contributed by atoms with Crippen molar-refractivity contribution in [3.63, 3.8) is 0 Å². The molecule has 0 saturated heterocycles.